The molecule has 0 saturated carbocycles. The summed E-state index contributed by atoms with van der Waals surface area (Å²) in [5.74, 6) is 2.52. The highest BCUT2D eigenvalue weighted by molar-refractivity contribution is 8.00. The van der Waals surface area contributed by atoms with Crippen LogP contribution in [0.3, 0.4) is 0 Å². The summed E-state index contributed by atoms with van der Waals surface area (Å²) in [6.07, 6.45) is 1.75. The van der Waals surface area contributed by atoms with Gasteiger partial charge in [-0.25, -0.2) is 13.8 Å². The Morgan fingerprint density at radius 3 is 2.47 bits per heavy atom. The van der Waals surface area contributed by atoms with Crippen LogP contribution in [0, 0.1) is 6.92 Å². The molecule has 188 valence electrons. The van der Waals surface area contributed by atoms with E-state index in [0.717, 1.165) is 32.7 Å². The van der Waals surface area contributed by atoms with Gasteiger partial charge >= 0.3 is 0 Å². The fourth-order valence-electron chi connectivity index (χ4n) is 3.47. The number of thioether (sulfide) groups is 1. The minimum absolute atomic E-state index is 0.0627. The first kappa shape index (κ1) is 25.6. The Bertz CT molecular complexity index is 1330. The number of nitrogens with one attached hydrogen (secondary N) is 1. The monoisotopic (exact) mass is 525 g/mol. The molecule has 4 rings (SSSR count). The van der Waals surface area contributed by atoms with Gasteiger partial charge in [-0.2, -0.15) is 16.9 Å². The minimum atomic E-state index is -4.06. The molecule has 0 atom stereocenters. The van der Waals surface area contributed by atoms with Gasteiger partial charge in [-0.15, -0.1) is 0 Å². The summed E-state index contributed by atoms with van der Waals surface area (Å²) in [6.45, 7) is 1.35. The highest BCUT2D eigenvalue weighted by atomic mass is 32.2. The lowest BCUT2D eigenvalue weighted by Crippen LogP contribution is -2.39. The molecule has 0 bridgehead atoms. The molecule has 10 heteroatoms. The molecular weight excluding hydrogens is 498 g/mol. The van der Waals surface area contributed by atoms with Crippen molar-refractivity contribution in [3.05, 3.63) is 83.9 Å². The summed E-state index contributed by atoms with van der Waals surface area (Å²) in [4.78, 5) is 12.9. The van der Waals surface area contributed by atoms with Crippen molar-refractivity contribution >= 4 is 39.6 Å². The lowest BCUT2D eigenvalue weighted by atomic mass is 10.2. The Hall–Kier alpha value is -3.50. The minimum Gasteiger partial charge on any atom is -0.495 e. The average Bonchev–Trinajstić information content (AvgIpc) is 2.86. The second kappa shape index (κ2) is 11.5. The van der Waals surface area contributed by atoms with E-state index in [-0.39, 0.29) is 16.7 Å². The fourth-order valence-corrected chi connectivity index (χ4v) is 5.47. The number of rotatable bonds is 10. The summed E-state index contributed by atoms with van der Waals surface area (Å²) in [6, 6.07) is 20.5. The number of carbonyl (C=O) groups is 1. The zero-order chi connectivity index (χ0) is 25.5. The molecule has 1 saturated heterocycles. The van der Waals surface area contributed by atoms with E-state index in [4.69, 9.17) is 9.47 Å². The highest BCUT2D eigenvalue weighted by Gasteiger charge is 2.29. The summed E-state index contributed by atoms with van der Waals surface area (Å²) in [5, 5.41) is 4.00. The van der Waals surface area contributed by atoms with E-state index < -0.39 is 22.5 Å². The lowest BCUT2D eigenvalue weighted by molar-refractivity contribution is -0.119. The Kier molecular flexibility index (Phi) is 8.17. The molecule has 3 aromatic rings. The third-order valence-corrected chi connectivity index (χ3v) is 8.40. The van der Waals surface area contributed by atoms with Gasteiger partial charge in [0, 0.05) is 11.5 Å². The number of amides is 1. The maximum absolute atomic E-state index is 13.5. The van der Waals surface area contributed by atoms with Crippen molar-refractivity contribution in [1.82, 2.24) is 5.43 Å². The van der Waals surface area contributed by atoms with Crippen LogP contribution in [-0.4, -0.2) is 51.8 Å². The molecule has 1 aliphatic rings. The topological polar surface area (TPSA) is 97.3 Å². The fraction of sp³-hybridized carbons (Fsp3) is 0.231. The summed E-state index contributed by atoms with van der Waals surface area (Å²) in [7, 11) is -2.61. The van der Waals surface area contributed by atoms with E-state index in [0.29, 0.717) is 5.75 Å². The Labute approximate surface area is 215 Å². The third-order valence-electron chi connectivity index (χ3n) is 5.41. The van der Waals surface area contributed by atoms with Crippen LogP contribution < -0.4 is 19.2 Å². The van der Waals surface area contributed by atoms with Crippen LogP contribution in [0.4, 0.5) is 5.69 Å². The van der Waals surface area contributed by atoms with Crippen LogP contribution in [0.15, 0.2) is 82.8 Å². The van der Waals surface area contributed by atoms with Crippen LogP contribution in [-0.2, 0) is 14.8 Å². The molecule has 1 heterocycles. The molecule has 1 N–H and O–H groups in total. The van der Waals surface area contributed by atoms with E-state index in [9.17, 15) is 13.2 Å². The maximum Gasteiger partial charge on any atom is 0.264 e. The zero-order valence-electron chi connectivity index (χ0n) is 20.0. The third kappa shape index (κ3) is 6.19. The molecule has 1 amide bonds. The first-order chi connectivity index (χ1) is 17.4. The van der Waals surface area contributed by atoms with Gasteiger partial charge in [0.1, 0.15) is 24.1 Å². The van der Waals surface area contributed by atoms with Crippen molar-refractivity contribution < 1.29 is 22.7 Å². The van der Waals surface area contributed by atoms with Crippen molar-refractivity contribution in [2.45, 2.75) is 17.9 Å². The number of sulfonamides is 1. The lowest BCUT2D eigenvalue weighted by Gasteiger charge is -2.25. The van der Waals surface area contributed by atoms with Crippen LogP contribution in [0.5, 0.6) is 11.5 Å². The van der Waals surface area contributed by atoms with E-state index in [2.05, 4.69) is 10.5 Å². The van der Waals surface area contributed by atoms with Gasteiger partial charge in [-0.05, 0) is 66.6 Å². The highest BCUT2D eigenvalue weighted by Crippen LogP contribution is 2.33. The van der Waals surface area contributed by atoms with Crippen LogP contribution in [0.2, 0.25) is 0 Å². The van der Waals surface area contributed by atoms with Gasteiger partial charge in [0.15, 0.2) is 0 Å². The van der Waals surface area contributed by atoms with E-state index in [1.807, 2.05) is 49.0 Å². The smallest absolute Gasteiger partial charge is 0.264 e. The largest absolute Gasteiger partial charge is 0.495 e. The number of nitrogens with zero attached hydrogens (tertiary/aromatic N) is 2. The molecular formula is C26H27N3O5S2. The quantitative estimate of drug-likeness (QED) is 0.319. The number of hydrazone groups is 1. The molecule has 0 unspecified atom stereocenters. The zero-order valence-corrected chi connectivity index (χ0v) is 21.6. The molecule has 0 spiro atoms. The average molecular weight is 526 g/mol. The number of benzene rings is 3. The van der Waals surface area contributed by atoms with E-state index in [1.54, 1.807) is 30.3 Å². The van der Waals surface area contributed by atoms with Crippen molar-refractivity contribution in [2.75, 3.05) is 29.5 Å². The standard InChI is InChI=1S/C26H27N3O5S2/c1-19-8-13-25(33-2)24(14-19)29(36(31,32)23-6-4-3-5-7-23)16-26(30)28-27-15-20-9-11-21(12-10-20)34-22-17-35-18-22/h3-15,22H,16-18H2,1-2H3,(H,28,30)/b27-15+. The number of ether oxygens (including phenoxy) is 2. The Morgan fingerprint density at radius 1 is 1.11 bits per heavy atom. The second-order valence-corrected chi connectivity index (χ2v) is 11.1. The normalized spacial score (nSPS) is 13.7. The predicted octanol–water partition coefficient (Wildman–Crippen LogP) is 3.84. The molecule has 36 heavy (non-hydrogen) atoms. The number of hydrogen-bond acceptors (Lipinski definition) is 7. The molecule has 8 nitrogen and oxygen atoms in total. The van der Waals surface area contributed by atoms with Gasteiger partial charge in [-0.3, -0.25) is 9.10 Å². The van der Waals surface area contributed by atoms with E-state index in [1.165, 1.54) is 25.5 Å². The van der Waals surface area contributed by atoms with Crippen LogP contribution >= 0.6 is 11.8 Å². The summed E-state index contributed by atoms with van der Waals surface area (Å²) >= 11 is 1.85. The summed E-state index contributed by atoms with van der Waals surface area (Å²) < 4.78 is 39.3. The molecule has 0 aliphatic carbocycles. The van der Waals surface area contributed by atoms with Crippen molar-refractivity contribution in [3.8, 4) is 11.5 Å². The van der Waals surface area contributed by atoms with Gasteiger partial charge in [-0.1, -0.05) is 24.3 Å². The Morgan fingerprint density at radius 2 is 1.83 bits per heavy atom. The molecule has 0 radical (unpaired) electrons. The van der Waals surface area contributed by atoms with Gasteiger partial charge in [0.05, 0.1) is 23.9 Å². The van der Waals surface area contributed by atoms with Gasteiger partial charge in [0.2, 0.25) is 0 Å². The predicted molar refractivity (Wildman–Crippen MR) is 143 cm³/mol. The van der Waals surface area contributed by atoms with Crippen molar-refractivity contribution in [2.24, 2.45) is 5.10 Å². The maximum atomic E-state index is 13.5. The van der Waals surface area contributed by atoms with Crippen LogP contribution in [0.1, 0.15) is 11.1 Å². The molecule has 1 fully saturated rings. The second-order valence-electron chi connectivity index (χ2n) is 8.14. The van der Waals surface area contributed by atoms with E-state index >= 15 is 0 Å². The van der Waals surface area contributed by atoms with Crippen molar-refractivity contribution in [3.63, 3.8) is 0 Å². The number of aryl methyl sites for hydroxylation is 1. The molecule has 3 aromatic carbocycles. The number of methoxy groups -OCH3 is 1. The Balaban J connectivity index is 1.50. The number of carbonyl (C=O) groups excluding carboxylic acids is 1. The SMILES string of the molecule is COc1ccc(C)cc1N(CC(=O)N/N=C/c1ccc(OC2CSC2)cc1)S(=O)(=O)c1ccccc1. The first-order valence-corrected chi connectivity index (χ1v) is 13.8. The number of anilines is 1. The molecule has 0 aromatic heterocycles. The van der Waals surface area contributed by atoms with Crippen LogP contribution in [0.25, 0.3) is 0 Å². The van der Waals surface area contributed by atoms with Gasteiger partial charge < -0.3 is 9.47 Å². The summed E-state index contributed by atoms with van der Waals surface area (Å²) in [5.41, 5.74) is 4.27. The number of hydrogen-bond donors (Lipinski definition) is 1. The van der Waals surface area contributed by atoms with Crippen molar-refractivity contribution in [1.29, 1.82) is 0 Å². The molecule has 1 aliphatic heterocycles. The first-order valence-electron chi connectivity index (χ1n) is 11.3. The van der Waals surface area contributed by atoms with Gasteiger partial charge in [0.25, 0.3) is 15.9 Å².